The molecule has 1 aromatic carbocycles. The van der Waals surface area contributed by atoms with E-state index in [1.54, 1.807) is 0 Å². The fraction of sp³-hybridized carbons (Fsp3) is 0.412. The zero-order chi connectivity index (χ0) is 15.7. The van der Waals surface area contributed by atoms with Gasteiger partial charge < -0.3 is 9.31 Å². The molecule has 4 heteroatoms. The van der Waals surface area contributed by atoms with E-state index in [0.29, 0.717) is 5.75 Å². The van der Waals surface area contributed by atoms with Crippen molar-refractivity contribution < 1.29 is 9.31 Å². The number of benzene rings is 1. The fourth-order valence-corrected chi connectivity index (χ4v) is 2.37. The Balaban J connectivity index is 2.23. The summed E-state index contributed by atoms with van der Waals surface area (Å²) in [5, 5.41) is 0. The maximum absolute atomic E-state index is 6.08. The van der Waals surface area contributed by atoms with E-state index < -0.39 is 0 Å². The summed E-state index contributed by atoms with van der Waals surface area (Å²) in [4.78, 5) is 0. The van der Waals surface area contributed by atoms with E-state index >= 15 is 0 Å². The van der Waals surface area contributed by atoms with Crippen LogP contribution in [0.3, 0.4) is 0 Å². The Morgan fingerprint density at radius 2 is 1.57 bits per heavy atom. The van der Waals surface area contributed by atoms with Gasteiger partial charge in [-0.05, 0) is 44.3 Å². The molecule has 112 valence electrons. The highest BCUT2D eigenvalue weighted by Gasteiger charge is 2.52. The van der Waals surface area contributed by atoms with Crippen LogP contribution in [0.25, 0.3) is 12.2 Å². The Morgan fingerprint density at radius 3 is 2.00 bits per heavy atom. The van der Waals surface area contributed by atoms with Gasteiger partial charge in [-0.3, -0.25) is 0 Å². The molecule has 21 heavy (non-hydrogen) atoms. The molecule has 0 aliphatic carbocycles. The summed E-state index contributed by atoms with van der Waals surface area (Å²) in [6.45, 7) is 12.0. The third-order valence-electron chi connectivity index (χ3n) is 4.26. The lowest BCUT2D eigenvalue weighted by Gasteiger charge is -2.32. The lowest BCUT2D eigenvalue weighted by atomic mass is 9.78. The predicted molar refractivity (Wildman–Crippen MR) is 94.4 cm³/mol. The largest absolute Gasteiger partial charge is 0.491 e. The van der Waals surface area contributed by atoms with Crippen LogP contribution in [0, 0.1) is 0 Å². The summed E-state index contributed by atoms with van der Waals surface area (Å²) in [6.07, 6.45) is 3.92. The lowest BCUT2D eigenvalue weighted by molar-refractivity contribution is 0.00578. The second-order valence-electron chi connectivity index (χ2n) is 6.34. The van der Waals surface area contributed by atoms with Gasteiger partial charge in [0.1, 0.15) is 0 Å². The Bertz CT molecular complexity index is 530. The Hall–Kier alpha value is -0.965. The number of thiol groups is 1. The third-order valence-corrected chi connectivity index (χ3v) is 4.63. The minimum atomic E-state index is -0.341. The Morgan fingerprint density at radius 1 is 1.10 bits per heavy atom. The minimum Gasteiger partial charge on any atom is -0.400 e. The summed E-state index contributed by atoms with van der Waals surface area (Å²) in [6, 6.07) is 8.20. The first kappa shape index (κ1) is 16.4. The highest BCUT2D eigenvalue weighted by atomic mass is 32.1. The van der Waals surface area contributed by atoms with Crippen LogP contribution in [0.15, 0.2) is 36.3 Å². The molecule has 2 rings (SSSR count). The van der Waals surface area contributed by atoms with Crippen LogP contribution in [0.1, 0.15) is 38.8 Å². The molecule has 2 nitrogen and oxygen atoms in total. The number of hydrogen-bond donors (Lipinski definition) is 1. The van der Waals surface area contributed by atoms with E-state index in [1.807, 2.05) is 18.2 Å². The average molecular weight is 302 g/mol. The van der Waals surface area contributed by atoms with E-state index in [0.717, 1.165) is 16.6 Å². The minimum absolute atomic E-state index is 0.327. The van der Waals surface area contributed by atoms with Crippen LogP contribution in [0.4, 0.5) is 0 Å². The van der Waals surface area contributed by atoms with Crippen LogP contribution in [-0.4, -0.2) is 24.1 Å². The third kappa shape index (κ3) is 3.45. The highest BCUT2D eigenvalue weighted by molar-refractivity contribution is 7.80. The Kier molecular flexibility index (Phi) is 4.71. The molecule has 1 fully saturated rings. The molecule has 0 saturated carbocycles. The predicted octanol–water partition coefficient (Wildman–Crippen LogP) is 4.27. The van der Waals surface area contributed by atoms with E-state index in [1.165, 1.54) is 0 Å². The van der Waals surface area contributed by atoms with Gasteiger partial charge in [0.15, 0.2) is 0 Å². The number of rotatable bonds is 4. The van der Waals surface area contributed by atoms with Crippen molar-refractivity contribution in [1.82, 2.24) is 0 Å². The highest BCUT2D eigenvalue weighted by Crippen LogP contribution is 2.39. The van der Waals surface area contributed by atoms with Gasteiger partial charge in [-0.25, -0.2) is 0 Å². The topological polar surface area (TPSA) is 18.5 Å². The molecular formula is C17H23BO2S. The van der Waals surface area contributed by atoms with Gasteiger partial charge >= 0.3 is 7.12 Å². The second kappa shape index (κ2) is 6.03. The van der Waals surface area contributed by atoms with Crippen molar-refractivity contribution in [2.24, 2.45) is 0 Å². The maximum atomic E-state index is 6.08. The molecule has 0 aromatic heterocycles. The molecule has 1 aliphatic heterocycles. The molecule has 0 radical (unpaired) electrons. The van der Waals surface area contributed by atoms with Gasteiger partial charge in [0.25, 0.3) is 0 Å². The van der Waals surface area contributed by atoms with E-state index in [-0.39, 0.29) is 18.3 Å². The first-order chi connectivity index (χ1) is 9.79. The molecule has 1 saturated heterocycles. The SMILES string of the molecule is C=Cc1ccc(C=C(CS)B2OC(C)(C)C(C)(C)O2)cc1. The first-order valence-electron chi connectivity index (χ1n) is 7.18. The monoisotopic (exact) mass is 302 g/mol. The Labute approximate surface area is 133 Å². The van der Waals surface area contributed by atoms with Gasteiger partial charge in [0, 0.05) is 5.75 Å². The van der Waals surface area contributed by atoms with Gasteiger partial charge in [-0.15, -0.1) is 0 Å². The molecule has 0 N–H and O–H groups in total. The number of hydrogen-bond acceptors (Lipinski definition) is 3. The van der Waals surface area contributed by atoms with Crippen LogP contribution in [-0.2, 0) is 9.31 Å². The van der Waals surface area contributed by atoms with Crippen molar-refractivity contribution in [3.8, 4) is 0 Å². The molecule has 0 amide bonds. The first-order valence-corrected chi connectivity index (χ1v) is 7.82. The zero-order valence-electron chi connectivity index (χ0n) is 13.2. The molecule has 0 atom stereocenters. The molecular weight excluding hydrogens is 279 g/mol. The normalized spacial score (nSPS) is 20.6. The quantitative estimate of drug-likeness (QED) is 0.661. The van der Waals surface area contributed by atoms with Crippen LogP contribution >= 0.6 is 12.6 Å². The van der Waals surface area contributed by atoms with Gasteiger partial charge in [-0.2, -0.15) is 12.6 Å². The van der Waals surface area contributed by atoms with Gasteiger partial charge in [0.2, 0.25) is 0 Å². The summed E-state index contributed by atoms with van der Waals surface area (Å²) in [5.74, 6) is 0.597. The lowest BCUT2D eigenvalue weighted by Crippen LogP contribution is -2.41. The molecule has 0 spiro atoms. The van der Waals surface area contributed by atoms with Crippen molar-refractivity contribution in [1.29, 1.82) is 0 Å². The zero-order valence-corrected chi connectivity index (χ0v) is 14.1. The van der Waals surface area contributed by atoms with Crippen molar-refractivity contribution >= 4 is 31.9 Å². The smallest absolute Gasteiger partial charge is 0.400 e. The van der Waals surface area contributed by atoms with Gasteiger partial charge in [0.05, 0.1) is 11.2 Å². The summed E-state index contributed by atoms with van der Waals surface area (Å²) >= 11 is 4.43. The van der Waals surface area contributed by atoms with E-state index in [4.69, 9.17) is 9.31 Å². The van der Waals surface area contributed by atoms with Crippen molar-refractivity contribution in [2.75, 3.05) is 5.75 Å². The summed E-state index contributed by atoms with van der Waals surface area (Å²) in [7, 11) is -0.341. The maximum Gasteiger partial charge on any atom is 0.491 e. The second-order valence-corrected chi connectivity index (χ2v) is 6.65. The van der Waals surface area contributed by atoms with E-state index in [9.17, 15) is 0 Å². The molecule has 1 heterocycles. The summed E-state index contributed by atoms with van der Waals surface area (Å²) < 4.78 is 12.2. The standard InChI is InChI=1S/C17H23BO2S/c1-6-13-7-9-14(10-8-13)11-15(12-21)18-19-16(2,3)17(4,5)20-18/h6-11,21H,1,12H2,2-5H3. The van der Waals surface area contributed by atoms with Gasteiger partial charge in [-0.1, -0.05) is 43.0 Å². The average Bonchev–Trinajstić information content (AvgIpc) is 2.65. The molecule has 0 unspecified atom stereocenters. The van der Waals surface area contributed by atoms with E-state index in [2.05, 4.69) is 65.1 Å². The molecule has 1 aliphatic rings. The van der Waals surface area contributed by atoms with Crippen LogP contribution in [0.5, 0.6) is 0 Å². The van der Waals surface area contributed by atoms with Crippen LogP contribution in [0.2, 0.25) is 0 Å². The van der Waals surface area contributed by atoms with Crippen molar-refractivity contribution in [3.63, 3.8) is 0 Å². The molecule has 0 bridgehead atoms. The van der Waals surface area contributed by atoms with Crippen LogP contribution < -0.4 is 0 Å². The molecule has 1 aromatic rings. The summed E-state index contributed by atoms with van der Waals surface area (Å²) in [5.41, 5.74) is 2.59. The fourth-order valence-electron chi connectivity index (χ4n) is 2.13. The van der Waals surface area contributed by atoms with Crippen molar-refractivity contribution in [3.05, 3.63) is 47.4 Å². The van der Waals surface area contributed by atoms with Crippen molar-refractivity contribution in [2.45, 2.75) is 38.9 Å².